The van der Waals surface area contributed by atoms with Crippen molar-refractivity contribution in [1.29, 1.82) is 5.26 Å². The molecule has 6 heteroatoms. The zero-order valence-corrected chi connectivity index (χ0v) is 19.2. The Morgan fingerprint density at radius 1 is 1.03 bits per heavy atom. The number of carbonyl (C=O) groups excluding carboxylic acids is 1. The number of para-hydroxylation sites is 1. The molecule has 0 saturated carbocycles. The van der Waals surface area contributed by atoms with Crippen LogP contribution in [-0.4, -0.2) is 13.0 Å². The van der Waals surface area contributed by atoms with Gasteiger partial charge in [-0.2, -0.15) is 5.26 Å². The molecular formula is C28H21ClN2O3. The number of methoxy groups -OCH3 is 1. The minimum atomic E-state index is -0.514. The van der Waals surface area contributed by atoms with Crippen molar-refractivity contribution in [2.24, 2.45) is 0 Å². The highest BCUT2D eigenvalue weighted by Gasteiger charge is 2.15. The highest BCUT2D eigenvalue weighted by atomic mass is 35.5. The fourth-order valence-corrected chi connectivity index (χ4v) is 3.84. The molecule has 4 rings (SSSR count). The molecule has 4 aromatic rings. The normalized spacial score (nSPS) is 11.0. The number of hydrogen-bond acceptors (Lipinski definition) is 4. The van der Waals surface area contributed by atoms with Crippen molar-refractivity contribution >= 4 is 40.0 Å². The van der Waals surface area contributed by atoms with Crippen molar-refractivity contribution in [3.63, 3.8) is 0 Å². The Bertz CT molecular complexity index is 1400. The molecular weight excluding hydrogens is 448 g/mol. The van der Waals surface area contributed by atoms with Crippen LogP contribution >= 0.6 is 11.6 Å². The van der Waals surface area contributed by atoms with E-state index in [4.69, 9.17) is 21.1 Å². The average molecular weight is 469 g/mol. The SMILES string of the molecule is COc1cc(/C=C(/C#N)C(=O)Nc2ccccc2)cc(Cl)c1OCc1cccc2ccccc12. The molecule has 5 nitrogen and oxygen atoms in total. The fraction of sp³-hybridized carbons (Fsp3) is 0.0714. The molecule has 1 amide bonds. The van der Waals surface area contributed by atoms with Gasteiger partial charge < -0.3 is 14.8 Å². The molecule has 0 aliphatic heterocycles. The lowest BCUT2D eigenvalue weighted by Crippen LogP contribution is -2.13. The fourth-order valence-electron chi connectivity index (χ4n) is 3.57. The van der Waals surface area contributed by atoms with Gasteiger partial charge in [-0.1, -0.05) is 72.3 Å². The number of nitrogens with one attached hydrogen (secondary N) is 1. The second kappa shape index (κ2) is 10.6. The van der Waals surface area contributed by atoms with Gasteiger partial charge in [-0.3, -0.25) is 4.79 Å². The first-order chi connectivity index (χ1) is 16.6. The number of amides is 1. The van der Waals surface area contributed by atoms with E-state index < -0.39 is 5.91 Å². The van der Waals surface area contributed by atoms with Crippen molar-refractivity contribution in [2.75, 3.05) is 12.4 Å². The summed E-state index contributed by atoms with van der Waals surface area (Å²) in [5.41, 5.74) is 2.09. The van der Waals surface area contributed by atoms with Gasteiger partial charge in [-0.15, -0.1) is 0 Å². The molecule has 0 atom stereocenters. The van der Waals surface area contributed by atoms with Crippen LogP contribution in [0.2, 0.25) is 5.02 Å². The third kappa shape index (κ3) is 5.20. The monoisotopic (exact) mass is 468 g/mol. The summed E-state index contributed by atoms with van der Waals surface area (Å²) in [5, 5.41) is 14.8. The molecule has 0 saturated heterocycles. The van der Waals surface area contributed by atoms with Gasteiger partial charge in [-0.25, -0.2) is 0 Å². The Labute approximate surface area is 202 Å². The summed E-state index contributed by atoms with van der Waals surface area (Å²) in [6.07, 6.45) is 1.46. The van der Waals surface area contributed by atoms with Crippen LogP contribution in [0.4, 0.5) is 5.69 Å². The number of carbonyl (C=O) groups is 1. The van der Waals surface area contributed by atoms with Gasteiger partial charge >= 0.3 is 0 Å². The molecule has 0 spiro atoms. The summed E-state index contributed by atoms with van der Waals surface area (Å²) in [5.74, 6) is 0.279. The van der Waals surface area contributed by atoms with Crippen molar-refractivity contribution in [3.8, 4) is 17.6 Å². The first-order valence-corrected chi connectivity index (χ1v) is 10.9. The number of nitriles is 1. The van der Waals surface area contributed by atoms with Crippen molar-refractivity contribution in [1.82, 2.24) is 0 Å². The molecule has 0 unspecified atom stereocenters. The number of anilines is 1. The number of nitrogens with zero attached hydrogens (tertiary/aromatic N) is 1. The number of benzene rings is 4. The summed E-state index contributed by atoms with van der Waals surface area (Å²) in [4.78, 5) is 12.5. The number of fused-ring (bicyclic) bond motifs is 1. The lowest BCUT2D eigenvalue weighted by atomic mass is 10.1. The average Bonchev–Trinajstić information content (AvgIpc) is 2.86. The lowest BCUT2D eigenvalue weighted by molar-refractivity contribution is -0.112. The van der Waals surface area contributed by atoms with Gasteiger partial charge in [0.1, 0.15) is 18.2 Å². The Kier molecular flexibility index (Phi) is 7.12. The van der Waals surface area contributed by atoms with Crippen LogP contribution in [-0.2, 0) is 11.4 Å². The molecule has 168 valence electrons. The van der Waals surface area contributed by atoms with E-state index in [9.17, 15) is 10.1 Å². The first-order valence-electron chi connectivity index (χ1n) is 10.5. The summed E-state index contributed by atoms with van der Waals surface area (Å²) in [6.45, 7) is 0.301. The maximum atomic E-state index is 12.5. The molecule has 1 N–H and O–H groups in total. The highest BCUT2D eigenvalue weighted by molar-refractivity contribution is 6.32. The van der Waals surface area contributed by atoms with Gasteiger partial charge in [0.05, 0.1) is 12.1 Å². The first kappa shape index (κ1) is 22.9. The van der Waals surface area contributed by atoms with E-state index in [1.54, 1.807) is 36.4 Å². The van der Waals surface area contributed by atoms with E-state index in [-0.39, 0.29) is 5.57 Å². The van der Waals surface area contributed by atoms with E-state index in [0.29, 0.717) is 34.4 Å². The third-order valence-corrected chi connectivity index (χ3v) is 5.49. The Morgan fingerprint density at radius 3 is 2.53 bits per heavy atom. The highest BCUT2D eigenvalue weighted by Crippen LogP contribution is 2.38. The van der Waals surface area contributed by atoms with Gasteiger partial charge in [0.15, 0.2) is 11.5 Å². The molecule has 4 aromatic carbocycles. The zero-order valence-electron chi connectivity index (χ0n) is 18.4. The van der Waals surface area contributed by atoms with Gasteiger partial charge in [0.2, 0.25) is 0 Å². The van der Waals surface area contributed by atoms with E-state index in [0.717, 1.165) is 16.3 Å². The summed E-state index contributed by atoms with van der Waals surface area (Å²) < 4.78 is 11.5. The molecule has 0 heterocycles. The van der Waals surface area contributed by atoms with Gasteiger partial charge in [0.25, 0.3) is 5.91 Å². The van der Waals surface area contributed by atoms with Gasteiger partial charge in [0, 0.05) is 5.69 Å². The second-order valence-corrected chi connectivity index (χ2v) is 7.86. The largest absolute Gasteiger partial charge is 0.493 e. The van der Waals surface area contributed by atoms with E-state index >= 15 is 0 Å². The van der Waals surface area contributed by atoms with Crippen LogP contribution in [0.15, 0.2) is 90.5 Å². The van der Waals surface area contributed by atoms with Crippen molar-refractivity contribution in [3.05, 3.63) is 107 Å². The second-order valence-electron chi connectivity index (χ2n) is 7.45. The minimum Gasteiger partial charge on any atom is -0.493 e. The predicted octanol–water partition coefficient (Wildman–Crippen LogP) is 6.63. The molecule has 0 bridgehead atoms. The van der Waals surface area contributed by atoms with Crippen molar-refractivity contribution in [2.45, 2.75) is 6.61 Å². The predicted molar refractivity (Wildman–Crippen MR) is 135 cm³/mol. The molecule has 0 fully saturated rings. The van der Waals surface area contributed by atoms with Crippen molar-refractivity contribution < 1.29 is 14.3 Å². The van der Waals surface area contributed by atoms with Crippen LogP contribution in [0, 0.1) is 11.3 Å². The Hall–Kier alpha value is -4.27. The standard InChI is InChI=1S/C28H21ClN2O3/c1-33-26-16-19(14-22(17-30)28(32)31-23-11-3-2-4-12-23)15-25(29)27(26)34-18-21-10-7-9-20-8-5-6-13-24(20)21/h2-16H,18H2,1H3,(H,31,32)/b22-14-. The molecule has 0 radical (unpaired) electrons. The number of hydrogen-bond donors (Lipinski definition) is 1. The van der Waals surface area contributed by atoms with Crippen LogP contribution in [0.25, 0.3) is 16.8 Å². The minimum absolute atomic E-state index is 0.0635. The Morgan fingerprint density at radius 2 is 1.76 bits per heavy atom. The summed E-state index contributed by atoms with van der Waals surface area (Å²) in [7, 11) is 1.51. The maximum absolute atomic E-state index is 12.5. The number of halogens is 1. The van der Waals surface area contributed by atoms with Crippen LogP contribution in [0.1, 0.15) is 11.1 Å². The topological polar surface area (TPSA) is 71.3 Å². The quantitative estimate of drug-likeness (QED) is 0.244. The molecule has 34 heavy (non-hydrogen) atoms. The smallest absolute Gasteiger partial charge is 0.266 e. The Balaban J connectivity index is 1.57. The van der Waals surface area contributed by atoms with E-state index in [1.165, 1.54) is 13.2 Å². The lowest BCUT2D eigenvalue weighted by Gasteiger charge is -2.14. The summed E-state index contributed by atoms with van der Waals surface area (Å²) in [6, 6.07) is 28.3. The zero-order chi connectivity index (χ0) is 23.9. The van der Waals surface area contributed by atoms with Crippen LogP contribution in [0.5, 0.6) is 11.5 Å². The van der Waals surface area contributed by atoms with Crippen LogP contribution in [0.3, 0.4) is 0 Å². The number of ether oxygens (including phenoxy) is 2. The van der Waals surface area contributed by atoms with Gasteiger partial charge in [-0.05, 0) is 52.2 Å². The van der Waals surface area contributed by atoms with E-state index in [1.807, 2.05) is 54.6 Å². The van der Waals surface area contributed by atoms with Crippen LogP contribution < -0.4 is 14.8 Å². The maximum Gasteiger partial charge on any atom is 0.266 e. The summed E-state index contributed by atoms with van der Waals surface area (Å²) >= 11 is 6.52. The molecule has 0 aromatic heterocycles. The molecule has 0 aliphatic rings. The third-order valence-electron chi connectivity index (χ3n) is 5.21. The van der Waals surface area contributed by atoms with E-state index in [2.05, 4.69) is 5.32 Å². The molecule has 0 aliphatic carbocycles. The number of rotatable bonds is 7.